The fraction of sp³-hybridized carbons (Fsp3) is 0.833. The van der Waals surface area contributed by atoms with Gasteiger partial charge in [-0.1, -0.05) is 0 Å². The van der Waals surface area contributed by atoms with Crippen molar-refractivity contribution in [1.82, 2.24) is 25.0 Å². The number of nitrogens with zero attached hydrogens (tertiary/aromatic N) is 4. The van der Waals surface area contributed by atoms with E-state index in [0.717, 1.165) is 37.8 Å². The molecule has 1 aromatic rings. The monoisotopic (exact) mass is 237 g/mol. The zero-order valence-corrected chi connectivity index (χ0v) is 11.1. The molecule has 0 bridgehead atoms. The molecule has 0 radical (unpaired) electrons. The lowest BCUT2D eigenvalue weighted by molar-refractivity contribution is 0.185. The Hall–Kier alpha value is -0.940. The van der Waals surface area contributed by atoms with Crippen LogP contribution in [0.15, 0.2) is 0 Å². The van der Waals surface area contributed by atoms with E-state index in [1.54, 1.807) is 0 Å². The minimum atomic E-state index is 0.679. The third kappa shape index (κ3) is 2.84. The van der Waals surface area contributed by atoms with Crippen LogP contribution >= 0.6 is 0 Å². The Bertz CT molecular complexity index is 354. The van der Waals surface area contributed by atoms with Gasteiger partial charge in [0, 0.05) is 12.6 Å². The van der Waals surface area contributed by atoms with Crippen LogP contribution in [0.3, 0.4) is 0 Å². The third-order valence-corrected chi connectivity index (χ3v) is 3.65. The topological polar surface area (TPSA) is 46.0 Å². The molecule has 0 saturated carbocycles. The van der Waals surface area contributed by atoms with Gasteiger partial charge in [0.25, 0.3) is 0 Å². The van der Waals surface area contributed by atoms with Gasteiger partial charge in [-0.2, -0.15) is 0 Å². The van der Waals surface area contributed by atoms with Crippen molar-refractivity contribution in [3.05, 3.63) is 11.6 Å². The summed E-state index contributed by atoms with van der Waals surface area (Å²) in [6, 6.07) is 0.679. The van der Waals surface area contributed by atoms with Gasteiger partial charge >= 0.3 is 0 Å². The first-order valence-electron chi connectivity index (χ1n) is 6.52. The van der Waals surface area contributed by atoms with Gasteiger partial charge in [0.2, 0.25) is 0 Å². The maximum atomic E-state index is 4.28. The maximum absolute atomic E-state index is 4.28. The number of piperidine rings is 1. The third-order valence-electron chi connectivity index (χ3n) is 3.65. The molecule has 96 valence electrons. The summed E-state index contributed by atoms with van der Waals surface area (Å²) in [5.74, 6) is 2.10. The smallest absolute Gasteiger partial charge is 0.147 e. The molecule has 2 rings (SSSR count). The normalized spacial score (nSPS) is 17.9. The lowest BCUT2D eigenvalue weighted by atomic mass is 10.1. The van der Waals surface area contributed by atoms with E-state index in [0.29, 0.717) is 6.04 Å². The van der Waals surface area contributed by atoms with Gasteiger partial charge in [-0.05, 0) is 46.8 Å². The summed E-state index contributed by atoms with van der Waals surface area (Å²) in [4.78, 5) is 2.41. The second kappa shape index (κ2) is 5.60. The van der Waals surface area contributed by atoms with Gasteiger partial charge in [-0.25, -0.2) is 0 Å². The van der Waals surface area contributed by atoms with E-state index in [1.165, 1.54) is 12.8 Å². The molecule has 0 aliphatic carbocycles. The van der Waals surface area contributed by atoms with Crippen LogP contribution in [-0.4, -0.2) is 45.8 Å². The van der Waals surface area contributed by atoms with Gasteiger partial charge in [-0.3, -0.25) is 4.90 Å². The fourth-order valence-electron chi connectivity index (χ4n) is 2.55. The van der Waals surface area contributed by atoms with Crippen molar-refractivity contribution in [1.29, 1.82) is 0 Å². The van der Waals surface area contributed by atoms with E-state index in [9.17, 15) is 0 Å². The van der Waals surface area contributed by atoms with Gasteiger partial charge in [-0.15, -0.1) is 10.2 Å². The standard InChI is InChI=1S/C12H23N5/c1-4-17-10(2)14-15-12(17)9-16(3)11-5-7-13-8-6-11/h11,13H,4-9H2,1-3H3. The van der Waals surface area contributed by atoms with Crippen LogP contribution in [0.2, 0.25) is 0 Å². The van der Waals surface area contributed by atoms with E-state index in [1.807, 2.05) is 6.92 Å². The quantitative estimate of drug-likeness (QED) is 0.841. The molecular weight excluding hydrogens is 214 g/mol. The molecule has 17 heavy (non-hydrogen) atoms. The molecule has 2 heterocycles. The van der Waals surface area contributed by atoms with E-state index in [2.05, 4.69) is 39.0 Å². The maximum Gasteiger partial charge on any atom is 0.147 e. The van der Waals surface area contributed by atoms with Crippen molar-refractivity contribution >= 4 is 0 Å². The first-order chi connectivity index (χ1) is 8.22. The molecule has 1 saturated heterocycles. The number of rotatable bonds is 4. The van der Waals surface area contributed by atoms with Crippen LogP contribution in [-0.2, 0) is 13.1 Å². The molecule has 5 heteroatoms. The highest BCUT2D eigenvalue weighted by atomic mass is 15.3. The molecular formula is C12H23N5. The first kappa shape index (κ1) is 12.5. The number of aromatic nitrogens is 3. The van der Waals surface area contributed by atoms with Crippen molar-refractivity contribution in [2.24, 2.45) is 0 Å². The molecule has 1 aliphatic rings. The second-order valence-corrected chi connectivity index (χ2v) is 4.80. The van der Waals surface area contributed by atoms with E-state index in [4.69, 9.17) is 0 Å². The predicted octanol–water partition coefficient (Wildman–Crippen LogP) is 0.790. The summed E-state index contributed by atoms with van der Waals surface area (Å²) in [6.07, 6.45) is 2.46. The van der Waals surface area contributed by atoms with Crippen LogP contribution in [0.1, 0.15) is 31.4 Å². The minimum absolute atomic E-state index is 0.679. The summed E-state index contributed by atoms with van der Waals surface area (Å²) in [5.41, 5.74) is 0. The zero-order chi connectivity index (χ0) is 12.3. The van der Waals surface area contributed by atoms with Crippen molar-refractivity contribution in [2.45, 2.75) is 45.8 Å². The number of hydrogen-bond donors (Lipinski definition) is 1. The Morgan fingerprint density at radius 2 is 2.06 bits per heavy atom. The van der Waals surface area contributed by atoms with Crippen LogP contribution in [0, 0.1) is 6.92 Å². The lowest BCUT2D eigenvalue weighted by Gasteiger charge is -2.31. The average Bonchev–Trinajstić information content (AvgIpc) is 2.71. The van der Waals surface area contributed by atoms with E-state index < -0.39 is 0 Å². The Morgan fingerprint density at radius 1 is 1.35 bits per heavy atom. The summed E-state index contributed by atoms with van der Waals surface area (Å²) < 4.78 is 2.19. The SMILES string of the molecule is CCn1c(C)nnc1CN(C)C1CCNCC1. The molecule has 0 spiro atoms. The van der Waals surface area contributed by atoms with Crippen LogP contribution in [0.25, 0.3) is 0 Å². The van der Waals surface area contributed by atoms with Crippen molar-refractivity contribution in [2.75, 3.05) is 20.1 Å². The zero-order valence-electron chi connectivity index (χ0n) is 11.1. The van der Waals surface area contributed by atoms with Crippen LogP contribution in [0.4, 0.5) is 0 Å². The highest BCUT2D eigenvalue weighted by Gasteiger charge is 2.19. The summed E-state index contributed by atoms with van der Waals surface area (Å²) in [6.45, 7) is 8.28. The molecule has 0 amide bonds. The largest absolute Gasteiger partial charge is 0.317 e. The van der Waals surface area contributed by atoms with Crippen molar-refractivity contribution in [3.63, 3.8) is 0 Å². The summed E-state index contributed by atoms with van der Waals surface area (Å²) >= 11 is 0. The first-order valence-corrected chi connectivity index (χ1v) is 6.52. The van der Waals surface area contributed by atoms with Crippen molar-refractivity contribution in [3.8, 4) is 0 Å². The Balaban J connectivity index is 1.99. The molecule has 1 fully saturated rings. The molecule has 0 atom stereocenters. The molecule has 1 aliphatic heterocycles. The Labute approximate surface area is 103 Å². The Morgan fingerprint density at radius 3 is 2.71 bits per heavy atom. The molecule has 1 N–H and O–H groups in total. The van der Waals surface area contributed by atoms with Crippen molar-refractivity contribution < 1.29 is 0 Å². The van der Waals surface area contributed by atoms with E-state index in [-0.39, 0.29) is 0 Å². The van der Waals surface area contributed by atoms with E-state index >= 15 is 0 Å². The highest BCUT2D eigenvalue weighted by molar-refractivity contribution is 4.94. The highest BCUT2D eigenvalue weighted by Crippen LogP contribution is 2.13. The molecule has 1 aromatic heterocycles. The summed E-state index contributed by atoms with van der Waals surface area (Å²) in [7, 11) is 2.19. The van der Waals surface area contributed by atoms with Gasteiger partial charge in [0.1, 0.15) is 11.6 Å². The van der Waals surface area contributed by atoms with Gasteiger partial charge < -0.3 is 9.88 Å². The number of hydrogen-bond acceptors (Lipinski definition) is 4. The number of aryl methyl sites for hydroxylation is 1. The fourth-order valence-corrected chi connectivity index (χ4v) is 2.55. The summed E-state index contributed by atoms with van der Waals surface area (Å²) in [5, 5.41) is 11.8. The minimum Gasteiger partial charge on any atom is -0.317 e. The average molecular weight is 237 g/mol. The molecule has 5 nitrogen and oxygen atoms in total. The van der Waals surface area contributed by atoms with Gasteiger partial charge in [0.15, 0.2) is 0 Å². The molecule has 0 aromatic carbocycles. The van der Waals surface area contributed by atoms with Crippen LogP contribution in [0.5, 0.6) is 0 Å². The lowest BCUT2D eigenvalue weighted by Crippen LogP contribution is -2.41. The predicted molar refractivity (Wildman–Crippen MR) is 67.8 cm³/mol. The Kier molecular flexibility index (Phi) is 4.12. The number of nitrogens with one attached hydrogen (secondary N) is 1. The van der Waals surface area contributed by atoms with Gasteiger partial charge in [0.05, 0.1) is 6.54 Å². The second-order valence-electron chi connectivity index (χ2n) is 4.80. The molecule has 0 unspecified atom stereocenters. The van der Waals surface area contributed by atoms with Crippen LogP contribution < -0.4 is 5.32 Å².